The maximum Gasteiger partial charge on any atom is 0.258 e. The zero-order valence-corrected chi connectivity index (χ0v) is 19.1. The molecule has 1 atom stereocenters. The van der Waals surface area contributed by atoms with Crippen LogP contribution in [-0.4, -0.2) is 51.7 Å². The summed E-state index contributed by atoms with van der Waals surface area (Å²) in [7, 11) is -3.57. The minimum Gasteiger partial charge on any atom is -0.484 e. The van der Waals surface area contributed by atoms with Gasteiger partial charge in [0.2, 0.25) is 15.9 Å². The SMILES string of the molecule is CC(C)C(NC(=O)COc1ccccc1)C(=O)NCCS(=O)(=O)N1CCc2ccccc21. The highest BCUT2D eigenvalue weighted by Gasteiger charge is 2.29. The van der Waals surface area contributed by atoms with Crippen LogP contribution in [-0.2, 0) is 26.0 Å². The maximum absolute atomic E-state index is 12.8. The Hall–Kier alpha value is -3.07. The van der Waals surface area contributed by atoms with Gasteiger partial charge in [0, 0.05) is 13.1 Å². The molecule has 1 heterocycles. The van der Waals surface area contributed by atoms with Gasteiger partial charge >= 0.3 is 0 Å². The molecule has 2 amide bonds. The maximum atomic E-state index is 12.8. The zero-order valence-electron chi connectivity index (χ0n) is 18.3. The summed E-state index contributed by atoms with van der Waals surface area (Å²) in [5.74, 6) is -0.697. The fourth-order valence-electron chi connectivity index (χ4n) is 3.54. The van der Waals surface area contributed by atoms with Crippen LogP contribution in [0.3, 0.4) is 0 Å². The average Bonchev–Trinajstić information content (AvgIpc) is 3.21. The van der Waals surface area contributed by atoms with Crippen LogP contribution in [0.1, 0.15) is 19.4 Å². The zero-order chi connectivity index (χ0) is 23.1. The Morgan fingerprint density at radius 3 is 2.47 bits per heavy atom. The molecule has 1 aliphatic rings. The Morgan fingerprint density at radius 2 is 1.75 bits per heavy atom. The molecule has 1 unspecified atom stereocenters. The number of hydrogen-bond donors (Lipinski definition) is 2. The lowest BCUT2D eigenvalue weighted by Gasteiger charge is -2.23. The number of sulfonamides is 1. The van der Waals surface area contributed by atoms with Crippen LogP contribution in [0.4, 0.5) is 5.69 Å². The lowest BCUT2D eigenvalue weighted by atomic mass is 10.0. The molecule has 0 saturated heterocycles. The third-order valence-electron chi connectivity index (χ3n) is 5.22. The van der Waals surface area contributed by atoms with Crippen molar-refractivity contribution in [3.05, 3.63) is 60.2 Å². The largest absolute Gasteiger partial charge is 0.484 e. The normalized spacial score (nSPS) is 14.0. The van der Waals surface area contributed by atoms with Crippen LogP contribution in [0, 0.1) is 5.92 Å². The third kappa shape index (κ3) is 6.00. The molecule has 32 heavy (non-hydrogen) atoms. The number of hydrogen-bond acceptors (Lipinski definition) is 5. The molecule has 2 aromatic rings. The molecule has 8 nitrogen and oxygen atoms in total. The first kappa shape index (κ1) is 23.6. The van der Waals surface area contributed by atoms with Gasteiger partial charge in [0.15, 0.2) is 6.61 Å². The standard InChI is InChI=1S/C23H29N3O5S/c1-17(2)22(25-21(27)16-31-19-9-4-3-5-10-19)23(28)24-13-15-32(29,30)26-14-12-18-8-6-7-11-20(18)26/h3-11,17,22H,12-16H2,1-2H3,(H,24,28)(H,25,27). The number of amides is 2. The molecular weight excluding hydrogens is 430 g/mol. The molecule has 2 aromatic carbocycles. The van der Waals surface area contributed by atoms with Crippen LogP contribution in [0.2, 0.25) is 0 Å². The highest BCUT2D eigenvalue weighted by molar-refractivity contribution is 7.92. The summed E-state index contributed by atoms with van der Waals surface area (Å²) in [5, 5.41) is 5.31. The minimum atomic E-state index is -3.57. The first-order valence-corrected chi connectivity index (χ1v) is 12.2. The number of para-hydroxylation sites is 2. The first-order chi connectivity index (χ1) is 15.3. The van der Waals surface area contributed by atoms with Crippen molar-refractivity contribution in [2.24, 2.45) is 5.92 Å². The van der Waals surface area contributed by atoms with Crippen molar-refractivity contribution in [3.8, 4) is 5.75 Å². The summed E-state index contributed by atoms with van der Waals surface area (Å²) in [6, 6.07) is 15.5. The van der Waals surface area contributed by atoms with Crippen molar-refractivity contribution < 1.29 is 22.7 Å². The van der Waals surface area contributed by atoms with Crippen molar-refractivity contribution in [2.45, 2.75) is 26.3 Å². The fraction of sp³-hybridized carbons (Fsp3) is 0.391. The predicted molar refractivity (Wildman–Crippen MR) is 123 cm³/mol. The Balaban J connectivity index is 1.50. The highest BCUT2D eigenvalue weighted by Crippen LogP contribution is 2.29. The van der Waals surface area contributed by atoms with Crippen molar-refractivity contribution in [2.75, 3.05) is 29.8 Å². The van der Waals surface area contributed by atoms with E-state index in [-0.39, 0.29) is 24.8 Å². The van der Waals surface area contributed by atoms with Gasteiger partial charge in [-0.1, -0.05) is 50.2 Å². The highest BCUT2D eigenvalue weighted by atomic mass is 32.2. The van der Waals surface area contributed by atoms with Gasteiger partial charge in [-0.05, 0) is 36.1 Å². The molecule has 0 bridgehead atoms. The third-order valence-corrected chi connectivity index (χ3v) is 6.99. The van der Waals surface area contributed by atoms with Crippen LogP contribution in [0.15, 0.2) is 54.6 Å². The Kier molecular flexibility index (Phi) is 7.74. The lowest BCUT2D eigenvalue weighted by Crippen LogP contribution is -2.51. The Labute approximate surface area is 189 Å². The fourth-order valence-corrected chi connectivity index (χ4v) is 4.96. The second-order valence-electron chi connectivity index (χ2n) is 7.95. The average molecular weight is 460 g/mol. The quantitative estimate of drug-likeness (QED) is 0.563. The summed E-state index contributed by atoms with van der Waals surface area (Å²) in [5.41, 5.74) is 1.70. The van der Waals surface area contributed by atoms with Gasteiger partial charge in [0.05, 0.1) is 11.4 Å². The number of ether oxygens (including phenoxy) is 1. The van der Waals surface area contributed by atoms with Crippen molar-refractivity contribution in [3.63, 3.8) is 0 Å². The van der Waals surface area contributed by atoms with E-state index in [0.717, 1.165) is 5.56 Å². The minimum absolute atomic E-state index is 0.0422. The number of fused-ring (bicyclic) bond motifs is 1. The molecule has 0 saturated carbocycles. The number of rotatable bonds is 10. The van der Waals surface area contributed by atoms with Crippen molar-refractivity contribution in [1.29, 1.82) is 0 Å². The molecule has 3 rings (SSSR count). The summed E-state index contributed by atoms with van der Waals surface area (Å²) in [6.07, 6.45) is 0.675. The number of carbonyl (C=O) groups is 2. The monoisotopic (exact) mass is 459 g/mol. The van der Waals surface area contributed by atoms with Gasteiger partial charge in [-0.25, -0.2) is 8.42 Å². The molecule has 0 aromatic heterocycles. The lowest BCUT2D eigenvalue weighted by molar-refractivity contribution is -0.131. The van der Waals surface area contributed by atoms with Gasteiger partial charge in [-0.2, -0.15) is 0 Å². The first-order valence-electron chi connectivity index (χ1n) is 10.6. The van der Waals surface area contributed by atoms with E-state index >= 15 is 0 Å². The predicted octanol–water partition coefficient (Wildman–Crippen LogP) is 1.71. The summed E-state index contributed by atoms with van der Waals surface area (Å²) in [6.45, 7) is 3.76. The van der Waals surface area contributed by atoms with E-state index in [1.54, 1.807) is 44.2 Å². The molecule has 172 valence electrons. The van der Waals surface area contributed by atoms with E-state index in [1.165, 1.54) is 4.31 Å². The number of anilines is 1. The van der Waals surface area contributed by atoms with Gasteiger partial charge in [0.25, 0.3) is 5.91 Å². The van der Waals surface area contributed by atoms with Crippen molar-refractivity contribution in [1.82, 2.24) is 10.6 Å². The summed E-state index contributed by atoms with van der Waals surface area (Å²) >= 11 is 0. The smallest absolute Gasteiger partial charge is 0.258 e. The molecule has 0 aliphatic carbocycles. The van der Waals surface area contributed by atoms with E-state index in [0.29, 0.717) is 24.4 Å². The van der Waals surface area contributed by atoms with Crippen molar-refractivity contribution >= 4 is 27.5 Å². The summed E-state index contributed by atoms with van der Waals surface area (Å²) < 4.78 is 32.3. The van der Waals surface area contributed by atoms with Gasteiger partial charge < -0.3 is 15.4 Å². The van der Waals surface area contributed by atoms with E-state index < -0.39 is 27.9 Å². The van der Waals surface area contributed by atoms with Gasteiger partial charge in [0.1, 0.15) is 11.8 Å². The number of nitrogens with one attached hydrogen (secondary N) is 2. The topological polar surface area (TPSA) is 105 Å². The van der Waals surface area contributed by atoms with E-state index in [2.05, 4.69) is 10.6 Å². The van der Waals surface area contributed by atoms with Crippen LogP contribution >= 0.6 is 0 Å². The van der Waals surface area contributed by atoms with E-state index in [4.69, 9.17) is 4.74 Å². The molecular formula is C23H29N3O5S. The molecule has 9 heteroatoms. The van der Waals surface area contributed by atoms with Gasteiger partial charge in [-0.3, -0.25) is 13.9 Å². The van der Waals surface area contributed by atoms with Crippen LogP contribution in [0.25, 0.3) is 0 Å². The molecule has 0 radical (unpaired) electrons. The van der Waals surface area contributed by atoms with E-state index in [1.807, 2.05) is 24.3 Å². The van der Waals surface area contributed by atoms with Crippen LogP contribution in [0.5, 0.6) is 5.75 Å². The van der Waals surface area contributed by atoms with Crippen LogP contribution < -0.4 is 19.7 Å². The molecule has 1 aliphatic heterocycles. The molecule has 0 fully saturated rings. The number of nitrogens with zero attached hydrogens (tertiary/aromatic N) is 1. The molecule has 0 spiro atoms. The number of carbonyl (C=O) groups excluding carboxylic acids is 2. The second kappa shape index (κ2) is 10.5. The Bertz CT molecular complexity index is 1040. The second-order valence-corrected chi connectivity index (χ2v) is 9.96. The van der Waals surface area contributed by atoms with Gasteiger partial charge in [-0.15, -0.1) is 0 Å². The Morgan fingerprint density at radius 1 is 1.06 bits per heavy atom. The van der Waals surface area contributed by atoms with E-state index in [9.17, 15) is 18.0 Å². The number of benzene rings is 2. The summed E-state index contributed by atoms with van der Waals surface area (Å²) in [4.78, 5) is 24.9. The molecule has 2 N–H and O–H groups in total.